The van der Waals surface area contributed by atoms with E-state index in [1.165, 1.54) is 0 Å². The lowest BCUT2D eigenvalue weighted by atomic mass is 9.91. The van der Waals surface area contributed by atoms with Crippen LogP contribution in [-0.4, -0.2) is 50.0 Å². The second kappa shape index (κ2) is 3.74. The molecule has 2 rings (SSSR count). The Morgan fingerprint density at radius 2 is 1.75 bits per heavy atom. The highest BCUT2D eigenvalue weighted by atomic mass is 31.2. The third-order valence-corrected chi connectivity index (χ3v) is 4.15. The van der Waals surface area contributed by atoms with Crippen molar-refractivity contribution in [3.63, 3.8) is 0 Å². The van der Waals surface area contributed by atoms with Gasteiger partial charge in [0.15, 0.2) is 0 Å². The Bertz CT molecular complexity index is 322. The van der Waals surface area contributed by atoms with Crippen LogP contribution in [0.3, 0.4) is 0 Å². The topological polar surface area (TPSA) is 127 Å². The quantitative estimate of drug-likeness (QED) is 0.391. The van der Waals surface area contributed by atoms with E-state index >= 15 is 0 Å². The number of aliphatic hydroxyl groups is 3. The SMILES string of the molecule is O=P(O)(O)OCC1[C@@H](O)[C@@H](O)[C@@H](O)C12CC2. The van der Waals surface area contributed by atoms with Crippen LogP contribution in [0.4, 0.5) is 0 Å². The molecule has 16 heavy (non-hydrogen) atoms. The van der Waals surface area contributed by atoms with Gasteiger partial charge in [0, 0.05) is 11.3 Å². The van der Waals surface area contributed by atoms with E-state index in [2.05, 4.69) is 4.52 Å². The molecule has 5 N–H and O–H groups in total. The summed E-state index contributed by atoms with van der Waals surface area (Å²) < 4.78 is 14.9. The zero-order valence-electron chi connectivity index (χ0n) is 8.43. The second-order valence-electron chi connectivity index (χ2n) is 4.55. The highest BCUT2D eigenvalue weighted by molar-refractivity contribution is 7.46. The van der Waals surface area contributed by atoms with Gasteiger partial charge in [-0.1, -0.05) is 0 Å². The minimum atomic E-state index is -4.59. The molecule has 0 aromatic carbocycles. The van der Waals surface area contributed by atoms with Gasteiger partial charge in [-0.2, -0.15) is 0 Å². The first-order valence-corrected chi connectivity index (χ1v) is 6.55. The standard InChI is InChI=1S/C8H15O7P/c9-5-4(3-15-16(12,13)14)8(1-2-8)7(11)6(5)10/h4-7,9-11H,1-3H2,(H2,12,13,14)/t4?,5-,6-,7-/m1/s1. The summed E-state index contributed by atoms with van der Waals surface area (Å²) in [6, 6.07) is 0. The predicted molar refractivity (Wildman–Crippen MR) is 51.2 cm³/mol. The summed E-state index contributed by atoms with van der Waals surface area (Å²) in [6.07, 6.45) is -2.28. The Morgan fingerprint density at radius 1 is 1.19 bits per heavy atom. The fraction of sp³-hybridized carbons (Fsp3) is 1.00. The van der Waals surface area contributed by atoms with Crippen molar-refractivity contribution in [2.75, 3.05) is 6.61 Å². The highest BCUT2D eigenvalue weighted by Crippen LogP contribution is 2.61. The number of rotatable bonds is 3. The number of phosphoric ester groups is 1. The van der Waals surface area contributed by atoms with Crippen LogP contribution in [0.2, 0.25) is 0 Å². The van der Waals surface area contributed by atoms with Gasteiger partial charge in [0.2, 0.25) is 0 Å². The summed E-state index contributed by atoms with van der Waals surface area (Å²) in [5.41, 5.74) is -0.631. The number of hydrogen-bond acceptors (Lipinski definition) is 5. The molecule has 0 amide bonds. The normalized spacial score (nSPS) is 41.6. The third-order valence-electron chi connectivity index (χ3n) is 3.66. The van der Waals surface area contributed by atoms with E-state index in [0.717, 1.165) is 0 Å². The van der Waals surface area contributed by atoms with E-state index in [1.54, 1.807) is 0 Å². The maximum Gasteiger partial charge on any atom is 0.469 e. The molecule has 4 atom stereocenters. The fourth-order valence-electron chi connectivity index (χ4n) is 2.58. The zero-order valence-corrected chi connectivity index (χ0v) is 9.32. The smallest absolute Gasteiger partial charge is 0.390 e. The van der Waals surface area contributed by atoms with Crippen LogP contribution in [-0.2, 0) is 9.09 Å². The van der Waals surface area contributed by atoms with E-state index in [9.17, 15) is 19.9 Å². The van der Waals surface area contributed by atoms with Crippen LogP contribution in [0.15, 0.2) is 0 Å². The van der Waals surface area contributed by atoms with Crippen LogP contribution in [0.5, 0.6) is 0 Å². The summed E-state index contributed by atoms with van der Waals surface area (Å²) in [6.45, 7) is -0.362. The monoisotopic (exact) mass is 254 g/mol. The maximum absolute atomic E-state index is 10.6. The third kappa shape index (κ3) is 1.93. The first kappa shape index (κ1) is 12.4. The van der Waals surface area contributed by atoms with Gasteiger partial charge in [-0.3, -0.25) is 4.52 Å². The molecule has 0 saturated heterocycles. The molecule has 0 heterocycles. The van der Waals surface area contributed by atoms with Gasteiger partial charge in [0.25, 0.3) is 0 Å². The molecule has 2 fully saturated rings. The Hall–Kier alpha value is -0.0100. The van der Waals surface area contributed by atoms with E-state index in [4.69, 9.17) is 9.79 Å². The van der Waals surface area contributed by atoms with Crippen molar-refractivity contribution in [3.8, 4) is 0 Å². The summed E-state index contributed by atoms with van der Waals surface area (Å²) in [4.78, 5) is 17.1. The lowest BCUT2D eigenvalue weighted by Crippen LogP contribution is -2.31. The van der Waals surface area contributed by atoms with Crippen molar-refractivity contribution in [1.29, 1.82) is 0 Å². The molecule has 1 unspecified atom stereocenters. The Morgan fingerprint density at radius 3 is 2.19 bits per heavy atom. The van der Waals surface area contributed by atoms with E-state index < -0.39 is 37.5 Å². The van der Waals surface area contributed by atoms with Crippen molar-refractivity contribution in [3.05, 3.63) is 0 Å². The van der Waals surface area contributed by atoms with Gasteiger partial charge in [-0.05, 0) is 12.8 Å². The van der Waals surface area contributed by atoms with E-state index in [0.29, 0.717) is 12.8 Å². The molecule has 2 aliphatic rings. The van der Waals surface area contributed by atoms with Crippen LogP contribution in [0.25, 0.3) is 0 Å². The lowest BCUT2D eigenvalue weighted by molar-refractivity contribution is -0.0330. The zero-order chi connectivity index (χ0) is 12.1. The molecule has 0 bridgehead atoms. The summed E-state index contributed by atoms with van der Waals surface area (Å²) in [5, 5.41) is 28.8. The molecular weight excluding hydrogens is 239 g/mol. The van der Waals surface area contributed by atoms with Gasteiger partial charge < -0.3 is 25.1 Å². The number of phosphoric acid groups is 1. The van der Waals surface area contributed by atoms with Crippen molar-refractivity contribution < 1.29 is 34.2 Å². The van der Waals surface area contributed by atoms with E-state index in [-0.39, 0.29) is 6.61 Å². The van der Waals surface area contributed by atoms with Crippen molar-refractivity contribution >= 4 is 7.82 Å². The van der Waals surface area contributed by atoms with Crippen molar-refractivity contribution in [2.24, 2.45) is 11.3 Å². The van der Waals surface area contributed by atoms with Crippen LogP contribution in [0.1, 0.15) is 12.8 Å². The molecule has 8 heteroatoms. The first-order chi connectivity index (χ1) is 7.28. The fourth-order valence-corrected chi connectivity index (χ4v) is 2.93. The van der Waals surface area contributed by atoms with Gasteiger partial charge in [-0.15, -0.1) is 0 Å². The number of aliphatic hydroxyl groups excluding tert-OH is 3. The molecule has 0 aromatic heterocycles. The van der Waals surface area contributed by atoms with Gasteiger partial charge in [0.1, 0.15) is 6.10 Å². The maximum atomic E-state index is 10.6. The second-order valence-corrected chi connectivity index (χ2v) is 5.79. The van der Waals surface area contributed by atoms with Gasteiger partial charge in [0.05, 0.1) is 18.8 Å². The minimum absolute atomic E-state index is 0.362. The minimum Gasteiger partial charge on any atom is -0.390 e. The Balaban J connectivity index is 2.06. The van der Waals surface area contributed by atoms with Gasteiger partial charge >= 0.3 is 7.82 Å². The van der Waals surface area contributed by atoms with Crippen molar-refractivity contribution in [2.45, 2.75) is 31.2 Å². The highest BCUT2D eigenvalue weighted by Gasteiger charge is 2.65. The Labute approximate surface area is 91.9 Å². The summed E-state index contributed by atoms with van der Waals surface area (Å²) in [7, 11) is -4.59. The summed E-state index contributed by atoms with van der Waals surface area (Å²) in [5.74, 6) is -0.634. The molecule has 2 aliphatic carbocycles. The molecule has 0 aliphatic heterocycles. The molecule has 1 spiro atoms. The Kier molecular flexibility index (Phi) is 2.91. The van der Waals surface area contributed by atoms with Crippen LogP contribution < -0.4 is 0 Å². The van der Waals surface area contributed by atoms with Crippen molar-refractivity contribution in [1.82, 2.24) is 0 Å². The van der Waals surface area contributed by atoms with Crippen LogP contribution >= 0.6 is 7.82 Å². The average Bonchev–Trinajstić information content (AvgIpc) is 2.92. The molecule has 94 valence electrons. The molecule has 0 radical (unpaired) electrons. The summed E-state index contributed by atoms with van der Waals surface area (Å²) >= 11 is 0. The average molecular weight is 254 g/mol. The molecule has 7 nitrogen and oxygen atoms in total. The molecule has 0 aromatic rings. The first-order valence-electron chi connectivity index (χ1n) is 5.02. The molecular formula is C8H15O7P. The largest absolute Gasteiger partial charge is 0.469 e. The van der Waals surface area contributed by atoms with Gasteiger partial charge in [-0.25, -0.2) is 4.57 Å². The lowest BCUT2D eigenvalue weighted by Gasteiger charge is -2.21. The van der Waals surface area contributed by atoms with E-state index in [1.807, 2.05) is 0 Å². The van der Waals surface area contributed by atoms with Crippen LogP contribution in [0, 0.1) is 11.3 Å². The molecule has 2 saturated carbocycles. The predicted octanol–water partition coefficient (Wildman–Crippen LogP) is -1.41. The number of hydrogen-bond donors (Lipinski definition) is 5.